The van der Waals surface area contributed by atoms with Gasteiger partial charge in [-0.2, -0.15) is 0 Å². The second-order valence-electron chi connectivity index (χ2n) is 7.11. The lowest BCUT2D eigenvalue weighted by atomic mass is 9.99. The van der Waals surface area contributed by atoms with Gasteiger partial charge in [0, 0.05) is 20.0 Å². The van der Waals surface area contributed by atoms with E-state index in [1.165, 1.54) is 18.1 Å². The number of anilines is 1. The molecule has 0 bridgehead atoms. The van der Waals surface area contributed by atoms with Crippen LogP contribution in [-0.4, -0.2) is 32.1 Å². The van der Waals surface area contributed by atoms with Crippen molar-refractivity contribution in [2.24, 2.45) is 4.99 Å². The molecule has 0 spiro atoms. The van der Waals surface area contributed by atoms with E-state index in [1.807, 2.05) is 25.1 Å². The predicted molar refractivity (Wildman–Crippen MR) is 120 cm³/mol. The second kappa shape index (κ2) is 11.1. The molecule has 29 heavy (non-hydrogen) atoms. The van der Waals surface area contributed by atoms with E-state index in [0.717, 1.165) is 24.6 Å². The number of benzene rings is 2. The zero-order chi connectivity index (χ0) is 21.2. The van der Waals surface area contributed by atoms with Gasteiger partial charge in [-0.1, -0.05) is 42.8 Å². The Kier molecular flexibility index (Phi) is 8.52. The number of carbonyl (C=O) groups is 1. The van der Waals surface area contributed by atoms with Crippen molar-refractivity contribution in [3.05, 3.63) is 59.2 Å². The van der Waals surface area contributed by atoms with Gasteiger partial charge in [0.25, 0.3) is 0 Å². The van der Waals surface area contributed by atoms with Gasteiger partial charge in [-0.15, -0.1) is 0 Å². The van der Waals surface area contributed by atoms with Crippen molar-refractivity contribution in [2.45, 2.75) is 40.2 Å². The molecule has 0 heterocycles. The molecule has 6 nitrogen and oxygen atoms in total. The molecule has 0 saturated carbocycles. The molecule has 2 rings (SSSR count). The van der Waals surface area contributed by atoms with E-state index in [1.54, 1.807) is 7.11 Å². The Hall–Kier alpha value is -3.02. The van der Waals surface area contributed by atoms with E-state index >= 15 is 0 Å². The molecule has 1 atom stereocenters. The summed E-state index contributed by atoms with van der Waals surface area (Å²) in [6.45, 7) is 9.90. The standard InChI is InChI=1S/C23H32N4O2/c1-6-24-23(25-14-17(3)20-9-7-8-16(2)12-20)26-15-19-10-11-22(29-5)21(13-19)27-18(4)28/h7-13,17H,6,14-15H2,1-5H3,(H,27,28)(H2,24,25,26). The molecule has 156 valence electrons. The van der Waals surface area contributed by atoms with E-state index in [-0.39, 0.29) is 5.91 Å². The summed E-state index contributed by atoms with van der Waals surface area (Å²) >= 11 is 0. The number of ether oxygens (including phenoxy) is 1. The molecule has 6 heteroatoms. The number of amides is 1. The average Bonchev–Trinajstić information content (AvgIpc) is 2.69. The maximum atomic E-state index is 11.4. The molecule has 1 unspecified atom stereocenters. The molecule has 0 aliphatic heterocycles. The summed E-state index contributed by atoms with van der Waals surface area (Å²) in [6, 6.07) is 14.3. The van der Waals surface area contributed by atoms with Gasteiger partial charge < -0.3 is 20.7 Å². The Morgan fingerprint density at radius 3 is 2.62 bits per heavy atom. The maximum Gasteiger partial charge on any atom is 0.221 e. The third-order valence-electron chi connectivity index (χ3n) is 4.53. The first-order chi connectivity index (χ1) is 13.9. The highest BCUT2D eigenvalue weighted by molar-refractivity contribution is 5.90. The fourth-order valence-electron chi connectivity index (χ4n) is 3.00. The molecule has 0 aliphatic rings. The van der Waals surface area contributed by atoms with Crippen molar-refractivity contribution in [2.75, 3.05) is 25.5 Å². The van der Waals surface area contributed by atoms with E-state index in [2.05, 4.69) is 59.1 Å². The minimum Gasteiger partial charge on any atom is -0.495 e. The van der Waals surface area contributed by atoms with Gasteiger partial charge in [0.2, 0.25) is 5.91 Å². The Labute approximate surface area is 173 Å². The van der Waals surface area contributed by atoms with Crippen LogP contribution in [0.4, 0.5) is 5.69 Å². The van der Waals surface area contributed by atoms with Crippen LogP contribution < -0.4 is 20.7 Å². The molecule has 2 aromatic carbocycles. The number of aryl methyl sites for hydroxylation is 1. The topological polar surface area (TPSA) is 74.8 Å². The van der Waals surface area contributed by atoms with Crippen molar-refractivity contribution >= 4 is 17.6 Å². The monoisotopic (exact) mass is 396 g/mol. The summed E-state index contributed by atoms with van der Waals surface area (Å²) in [5.74, 6) is 1.63. The molecule has 0 radical (unpaired) electrons. The number of guanidine groups is 1. The first-order valence-electron chi connectivity index (χ1n) is 9.96. The highest BCUT2D eigenvalue weighted by atomic mass is 16.5. The number of hydrogen-bond acceptors (Lipinski definition) is 3. The summed E-state index contributed by atoms with van der Waals surface area (Å²) in [7, 11) is 1.58. The summed E-state index contributed by atoms with van der Waals surface area (Å²) in [6.07, 6.45) is 0. The van der Waals surface area contributed by atoms with Crippen LogP contribution in [0.1, 0.15) is 43.4 Å². The van der Waals surface area contributed by atoms with Crippen LogP contribution in [0, 0.1) is 6.92 Å². The van der Waals surface area contributed by atoms with E-state index in [4.69, 9.17) is 4.74 Å². The molecule has 1 amide bonds. The zero-order valence-corrected chi connectivity index (χ0v) is 18.0. The molecule has 2 aromatic rings. The quantitative estimate of drug-likeness (QED) is 0.468. The Morgan fingerprint density at radius 1 is 1.17 bits per heavy atom. The van der Waals surface area contributed by atoms with Crippen molar-refractivity contribution in [3.63, 3.8) is 0 Å². The lowest BCUT2D eigenvalue weighted by molar-refractivity contribution is -0.114. The van der Waals surface area contributed by atoms with Crippen LogP contribution in [0.15, 0.2) is 47.5 Å². The molecule has 0 saturated heterocycles. The average molecular weight is 397 g/mol. The summed E-state index contributed by atoms with van der Waals surface area (Å²) in [4.78, 5) is 16.1. The van der Waals surface area contributed by atoms with Gasteiger partial charge in [0.05, 0.1) is 19.3 Å². The predicted octanol–water partition coefficient (Wildman–Crippen LogP) is 3.82. The summed E-state index contributed by atoms with van der Waals surface area (Å²) in [5, 5.41) is 9.50. The lowest BCUT2D eigenvalue weighted by Crippen LogP contribution is -2.39. The van der Waals surface area contributed by atoms with Gasteiger partial charge in [0.1, 0.15) is 5.75 Å². The molecule has 0 aliphatic carbocycles. The molecule has 0 fully saturated rings. The first kappa shape index (κ1) is 22.3. The SMILES string of the molecule is CCNC(=NCc1ccc(OC)c(NC(C)=O)c1)NCC(C)c1cccc(C)c1. The first-order valence-corrected chi connectivity index (χ1v) is 9.96. The van der Waals surface area contributed by atoms with E-state index in [0.29, 0.717) is 23.9 Å². The third kappa shape index (κ3) is 7.14. The van der Waals surface area contributed by atoms with Crippen LogP contribution in [0.25, 0.3) is 0 Å². The van der Waals surface area contributed by atoms with Crippen LogP contribution in [0.2, 0.25) is 0 Å². The van der Waals surface area contributed by atoms with Gasteiger partial charge in [-0.3, -0.25) is 4.79 Å². The minimum absolute atomic E-state index is 0.135. The number of hydrogen-bond donors (Lipinski definition) is 3. The van der Waals surface area contributed by atoms with Crippen LogP contribution in [0.3, 0.4) is 0 Å². The summed E-state index contributed by atoms with van der Waals surface area (Å²) in [5.41, 5.74) is 4.21. The van der Waals surface area contributed by atoms with Crippen LogP contribution in [0.5, 0.6) is 5.75 Å². The third-order valence-corrected chi connectivity index (χ3v) is 4.53. The fraction of sp³-hybridized carbons (Fsp3) is 0.391. The highest BCUT2D eigenvalue weighted by Gasteiger charge is 2.08. The van der Waals surface area contributed by atoms with Gasteiger partial charge in [0.15, 0.2) is 5.96 Å². The number of nitrogens with one attached hydrogen (secondary N) is 3. The lowest BCUT2D eigenvalue weighted by Gasteiger charge is -2.17. The number of aliphatic imine (C=N–C) groups is 1. The number of nitrogens with zero attached hydrogens (tertiary/aromatic N) is 1. The largest absolute Gasteiger partial charge is 0.495 e. The van der Waals surface area contributed by atoms with E-state index < -0.39 is 0 Å². The number of methoxy groups -OCH3 is 1. The normalized spacial score (nSPS) is 12.2. The second-order valence-corrected chi connectivity index (χ2v) is 7.11. The van der Waals surface area contributed by atoms with Crippen LogP contribution in [-0.2, 0) is 11.3 Å². The minimum atomic E-state index is -0.135. The van der Waals surface area contributed by atoms with Crippen molar-refractivity contribution in [3.8, 4) is 5.75 Å². The van der Waals surface area contributed by atoms with Crippen LogP contribution >= 0.6 is 0 Å². The highest BCUT2D eigenvalue weighted by Crippen LogP contribution is 2.25. The number of carbonyl (C=O) groups excluding carboxylic acids is 1. The van der Waals surface area contributed by atoms with Gasteiger partial charge >= 0.3 is 0 Å². The van der Waals surface area contributed by atoms with E-state index in [9.17, 15) is 4.79 Å². The maximum absolute atomic E-state index is 11.4. The van der Waals surface area contributed by atoms with Crippen molar-refractivity contribution in [1.82, 2.24) is 10.6 Å². The van der Waals surface area contributed by atoms with Crippen molar-refractivity contribution in [1.29, 1.82) is 0 Å². The number of rotatable bonds is 8. The smallest absolute Gasteiger partial charge is 0.221 e. The fourth-order valence-corrected chi connectivity index (χ4v) is 3.00. The Balaban J connectivity index is 2.05. The molecular formula is C23H32N4O2. The Bertz CT molecular complexity index is 849. The molecule has 3 N–H and O–H groups in total. The Morgan fingerprint density at radius 2 is 1.97 bits per heavy atom. The zero-order valence-electron chi connectivity index (χ0n) is 18.0. The van der Waals surface area contributed by atoms with Crippen molar-refractivity contribution < 1.29 is 9.53 Å². The summed E-state index contributed by atoms with van der Waals surface area (Å²) < 4.78 is 5.31. The molecule has 0 aromatic heterocycles. The van der Waals surface area contributed by atoms with Gasteiger partial charge in [-0.25, -0.2) is 4.99 Å². The molecular weight excluding hydrogens is 364 g/mol. The van der Waals surface area contributed by atoms with Gasteiger partial charge in [-0.05, 0) is 43.0 Å².